The molecule has 0 saturated heterocycles. The van der Waals surface area contributed by atoms with Gasteiger partial charge in [-0.2, -0.15) is 0 Å². The number of anilines is 1. The fourth-order valence-corrected chi connectivity index (χ4v) is 2.52. The van der Waals surface area contributed by atoms with Crippen LogP contribution >= 0.6 is 0 Å². The van der Waals surface area contributed by atoms with Crippen LogP contribution in [0.2, 0.25) is 19.0 Å². The molecule has 3 nitrogen and oxygen atoms in total. The fourth-order valence-electron chi connectivity index (χ4n) is 2.52. The normalized spacial score (nSPS) is 10.6. The minimum atomic E-state index is 0.287. The Balaban J connectivity index is 2.74. The maximum atomic E-state index is 6.36. The van der Waals surface area contributed by atoms with E-state index in [0.29, 0.717) is 0 Å². The van der Waals surface area contributed by atoms with E-state index >= 15 is 0 Å². The molecule has 0 aliphatic rings. The fraction of sp³-hybridized carbons (Fsp3) is 0.722. The van der Waals surface area contributed by atoms with E-state index in [-0.39, 0.29) is 6.92 Å². The molecule has 127 valence electrons. The van der Waals surface area contributed by atoms with E-state index in [4.69, 9.17) is 4.76 Å². The van der Waals surface area contributed by atoms with Crippen molar-refractivity contribution >= 4 is 20.1 Å². The van der Waals surface area contributed by atoms with Crippen molar-refractivity contribution in [2.75, 3.05) is 4.97 Å². The number of rotatable bonds is 13. The zero-order valence-electron chi connectivity index (χ0n) is 15.6. The minimum absolute atomic E-state index is 0.287. The van der Waals surface area contributed by atoms with E-state index in [0.717, 1.165) is 24.8 Å². The lowest BCUT2D eigenvalue weighted by atomic mass is 9.59. The smallest absolute Gasteiger partial charge is 0.328 e. The largest absolute Gasteiger partial charge is 0.350 e. The Bertz CT molecular complexity index is 410. The summed E-state index contributed by atoms with van der Waals surface area (Å²) < 4.78 is 6.36. The predicted molar refractivity (Wildman–Crippen MR) is 103 cm³/mol. The van der Waals surface area contributed by atoms with Crippen LogP contribution in [0.25, 0.3) is 0 Å². The van der Waals surface area contributed by atoms with Crippen LogP contribution in [-0.4, -0.2) is 19.3 Å². The lowest BCUT2D eigenvalue weighted by Crippen LogP contribution is -2.36. The Kier molecular flexibility index (Phi) is 10.9. The summed E-state index contributed by atoms with van der Waals surface area (Å²) >= 11 is 0. The molecule has 0 unspecified atom stereocenters. The van der Waals surface area contributed by atoms with E-state index in [1.165, 1.54) is 44.1 Å². The number of aromatic nitrogens is 1. The predicted octanol–water partition coefficient (Wildman–Crippen LogP) is 5.56. The van der Waals surface area contributed by atoms with Crippen LogP contribution in [0.3, 0.4) is 0 Å². The van der Waals surface area contributed by atoms with E-state index in [2.05, 4.69) is 46.2 Å². The molecule has 0 saturated carbocycles. The average molecular weight is 315 g/mol. The van der Waals surface area contributed by atoms with Gasteiger partial charge in [-0.25, -0.2) is 4.98 Å². The molecule has 0 amide bonds. The van der Waals surface area contributed by atoms with Crippen molar-refractivity contribution in [3.63, 3.8) is 0 Å². The second-order valence-corrected chi connectivity index (χ2v) is 6.35. The first-order chi connectivity index (χ1) is 11.2. The van der Waals surface area contributed by atoms with Crippen molar-refractivity contribution in [2.45, 2.75) is 85.2 Å². The number of nitrogens with zero attached hydrogens (tertiary/aromatic N) is 2. The molecule has 0 N–H and O–H groups in total. The monoisotopic (exact) mass is 315 g/mol. The molecule has 0 spiro atoms. The molecule has 23 heavy (non-hydrogen) atoms. The summed E-state index contributed by atoms with van der Waals surface area (Å²) in [6.45, 7) is 9.08. The molecule has 0 aliphatic carbocycles. The highest BCUT2D eigenvalue weighted by molar-refractivity contribution is 6.53. The first-order valence-electron chi connectivity index (χ1n) is 9.43. The molecule has 1 aromatic heterocycles. The van der Waals surface area contributed by atoms with Crippen molar-refractivity contribution in [1.82, 2.24) is 4.98 Å². The van der Waals surface area contributed by atoms with E-state index in [1.54, 1.807) is 0 Å². The van der Waals surface area contributed by atoms with E-state index in [9.17, 15) is 0 Å². The first kappa shape index (κ1) is 20.1. The Labute approximate surface area is 144 Å². The van der Waals surface area contributed by atoms with Crippen molar-refractivity contribution in [2.24, 2.45) is 0 Å². The number of hydrogen-bond acceptors (Lipinski definition) is 3. The molecule has 1 radical (unpaired) electrons. The van der Waals surface area contributed by atoms with Gasteiger partial charge < -0.3 is 9.73 Å². The highest BCUT2D eigenvalue weighted by atomic mass is 16.6. The van der Waals surface area contributed by atoms with Gasteiger partial charge in [0.25, 0.3) is 7.41 Å². The summed E-state index contributed by atoms with van der Waals surface area (Å²) in [7, 11) is 2.16. The summed E-state index contributed by atoms with van der Waals surface area (Å²) in [6.07, 6.45) is 12.4. The third kappa shape index (κ3) is 8.45. The molecule has 0 aliphatic heterocycles. The number of pyridine rings is 1. The highest BCUT2D eigenvalue weighted by Crippen LogP contribution is 2.18. The molecule has 5 heteroatoms. The Morgan fingerprint density at radius 3 is 2.30 bits per heavy atom. The molecule has 1 heterocycles. The molecular weight excluding hydrogens is 282 g/mol. The number of hydrogen-bond donors (Lipinski definition) is 0. The maximum absolute atomic E-state index is 6.36. The number of aryl methyl sites for hydroxylation is 1. The van der Waals surface area contributed by atoms with Crippen LogP contribution in [0.4, 0.5) is 5.82 Å². The third-order valence-corrected chi connectivity index (χ3v) is 4.00. The van der Waals surface area contributed by atoms with Crippen LogP contribution in [-0.2, 0) is 4.76 Å². The zero-order valence-corrected chi connectivity index (χ0v) is 15.6. The summed E-state index contributed by atoms with van der Waals surface area (Å²) in [6, 6.07) is 4.12. The summed E-state index contributed by atoms with van der Waals surface area (Å²) in [4.78, 5) is 6.43. The topological polar surface area (TPSA) is 25.4 Å². The third-order valence-electron chi connectivity index (χ3n) is 4.00. The van der Waals surface area contributed by atoms with Gasteiger partial charge in [0.15, 0.2) is 0 Å². The SMILES string of the molecule is CCCC[B]N(OB(CCCC)CCCC)c1cc(C)ccn1. The van der Waals surface area contributed by atoms with Crippen molar-refractivity contribution in [1.29, 1.82) is 0 Å². The van der Waals surface area contributed by atoms with Gasteiger partial charge in [0, 0.05) is 6.20 Å². The van der Waals surface area contributed by atoms with Gasteiger partial charge in [-0.15, -0.1) is 0 Å². The Hall–Kier alpha value is -0.960. The van der Waals surface area contributed by atoms with Crippen LogP contribution in [0.15, 0.2) is 18.3 Å². The Morgan fingerprint density at radius 1 is 1.09 bits per heavy atom. The van der Waals surface area contributed by atoms with Gasteiger partial charge in [0.1, 0.15) is 5.82 Å². The lowest BCUT2D eigenvalue weighted by molar-refractivity contribution is 0.338. The zero-order chi connectivity index (χ0) is 16.9. The van der Waals surface area contributed by atoms with Crippen molar-refractivity contribution in [3.8, 4) is 0 Å². The van der Waals surface area contributed by atoms with Gasteiger partial charge in [-0.05, 0) is 37.3 Å². The second kappa shape index (κ2) is 12.5. The van der Waals surface area contributed by atoms with Gasteiger partial charge in [-0.1, -0.05) is 65.6 Å². The summed E-state index contributed by atoms with van der Waals surface area (Å²) in [5.74, 6) is 0.902. The van der Waals surface area contributed by atoms with Gasteiger partial charge in [-0.3, -0.25) is 0 Å². The first-order valence-corrected chi connectivity index (χ1v) is 9.43. The number of unbranched alkanes of at least 4 members (excludes halogenated alkanes) is 3. The van der Waals surface area contributed by atoms with Gasteiger partial charge >= 0.3 is 6.92 Å². The molecule has 1 rings (SSSR count). The molecule has 0 bridgehead atoms. The average Bonchev–Trinajstić information content (AvgIpc) is 2.56. The quantitative estimate of drug-likeness (QED) is 0.271. The minimum Gasteiger partial charge on any atom is -0.350 e. The molecular formula is C18H33B2N2O. The Morgan fingerprint density at radius 2 is 1.74 bits per heavy atom. The molecule has 0 atom stereocenters. The van der Waals surface area contributed by atoms with E-state index < -0.39 is 0 Å². The van der Waals surface area contributed by atoms with Crippen molar-refractivity contribution in [3.05, 3.63) is 23.9 Å². The lowest BCUT2D eigenvalue weighted by Gasteiger charge is -2.27. The van der Waals surface area contributed by atoms with Gasteiger partial charge in [0.2, 0.25) is 0 Å². The summed E-state index contributed by atoms with van der Waals surface area (Å²) in [5.41, 5.74) is 1.21. The highest BCUT2D eigenvalue weighted by Gasteiger charge is 2.21. The second-order valence-electron chi connectivity index (χ2n) is 6.35. The summed E-state index contributed by atoms with van der Waals surface area (Å²) in [5, 5.41) is 0. The molecule has 0 aromatic carbocycles. The van der Waals surface area contributed by atoms with Crippen LogP contribution in [0.5, 0.6) is 0 Å². The van der Waals surface area contributed by atoms with Gasteiger partial charge in [0.05, 0.1) is 0 Å². The van der Waals surface area contributed by atoms with Crippen LogP contribution < -0.4 is 4.97 Å². The molecule has 1 aromatic rings. The standard InChI is InChI=1S/C18H33B2N2O/c1-5-8-12-19-22(18-16-17(4)11-15-21-18)23-20(13-9-6-2)14-10-7-3/h11,15-16H,5-10,12-14H2,1-4H3. The van der Waals surface area contributed by atoms with Crippen LogP contribution in [0, 0.1) is 6.92 Å². The van der Waals surface area contributed by atoms with Crippen molar-refractivity contribution < 1.29 is 4.76 Å². The van der Waals surface area contributed by atoms with E-state index in [1.807, 2.05) is 17.2 Å². The molecule has 0 fully saturated rings. The van der Waals surface area contributed by atoms with Crippen LogP contribution in [0.1, 0.15) is 64.9 Å². The maximum Gasteiger partial charge on any atom is 0.328 e.